The largest absolute Gasteiger partial charge is 0.453 e. The third kappa shape index (κ3) is 3.62. The Morgan fingerprint density at radius 2 is 2.21 bits per heavy atom. The first-order valence-electron chi connectivity index (χ1n) is 5.76. The number of hydrogen-bond acceptors (Lipinski definition) is 4. The summed E-state index contributed by atoms with van der Waals surface area (Å²) in [6.45, 7) is 0.356. The minimum Gasteiger partial charge on any atom is -0.453 e. The van der Waals surface area contributed by atoms with Crippen molar-refractivity contribution in [2.75, 3.05) is 18.7 Å². The van der Waals surface area contributed by atoms with Gasteiger partial charge in [-0.15, -0.1) is 11.8 Å². The number of anilines is 1. The minimum absolute atomic E-state index is 0.263. The summed E-state index contributed by atoms with van der Waals surface area (Å²) >= 11 is 1.63. The predicted octanol–water partition coefficient (Wildman–Crippen LogP) is 3.40. The Labute approximate surface area is 116 Å². The molecule has 0 radical (unpaired) electrons. The van der Waals surface area contributed by atoms with E-state index < -0.39 is 0 Å². The summed E-state index contributed by atoms with van der Waals surface area (Å²) in [5, 5.41) is 2.80. The molecule has 4 nitrogen and oxygen atoms in total. The molecule has 1 aromatic heterocycles. The summed E-state index contributed by atoms with van der Waals surface area (Å²) < 4.78 is 10.3. The van der Waals surface area contributed by atoms with Gasteiger partial charge in [0.15, 0.2) is 5.76 Å². The number of ether oxygens (including phenoxy) is 1. The number of amides is 1. The topological polar surface area (TPSA) is 51.5 Å². The van der Waals surface area contributed by atoms with Crippen molar-refractivity contribution in [3.8, 4) is 0 Å². The SMILES string of the molecule is COCc1ccc(C(=O)Nc2cccc(SC)c2)o1. The van der Waals surface area contributed by atoms with Crippen LogP contribution in [0.2, 0.25) is 0 Å². The zero-order valence-electron chi connectivity index (χ0n) is 10.8. The smallest absolute Gasteiger partial charge is 0.291 e. The third-order valence-electron chi connectivity index (χ3n) is 2.50. The quantitative estimate of drug-likeness (QED) is 0.851. The van der Waals surface area contributed by atoms with Crippen molar-refractivity contribution in [2.24, 2.45) is 0 Å². The molecule has 0 aliphatic heterocycles. The number of thioether (sulfide) groups is 1. The Morgan fingerprint density at radius 3 is 2.95 bits per heavy atom. The van der Waals surface area contributed by atoms with E-state index in [2.05, 4.69) is 5.32 Å². The molecule has 0 spiro atoms. The molecule has 0 atom stereocenters. The van der Waals surface area contributed by atoms with Crippen LogP contribution in [0.15, 0.2) is 45.7 Å². The summed E-state index contributed by atoms with van der Waals surface area (Å²) in [4.78, 5) is 13.1. The number of nitrogens with one attached hydrogen (secondary N) is 1. The van der Waals surface area contributed by atoms with Crippen molar-refractivity contribution < 1.29 is 13.9 Å². The molecule has 19 heavy (non-hydrogen) atoms. The molecule has 2 rings (SSSR count). The van der Waals surface area contributed by atoms with Crippen LogP contribution in [0, 0.1) is 0 Å². The number of benzene rings is 1. The van der Waals surface area contributed by atoms with E-state index in [4.69, 9.17) is 9.15 Å². The van der Waals surface area contributed by atoms with Crippen LogP contribution in [0.4, 0.5) is 5.69 Å². The van der Waals surface area contributed by atoms with Crippen molar-refractivity contribution in [1.29, 1.82) is 0 Å². The van der Waals surface area contributed by atoms with Gasteiger partial charge in [-0.1, -0.05) is 6.07 Å². The standard InChI is InChI=1S/C14H15NO3S/c1-17-9-11-6-7-13(18-11)14(16)15-10-4-3-5-12(8-10)19-2/h3-8H,9H2,1-2H3,(H,15,16). The van der Waals surface area contributed by atoms with Crippen molar-refractivity contribution >= 4 is 23.4 Å². The van der Waals surface area contributed by atoms with E-state index in [0.717, 1.165) is 10.6 Å². The zero-order chi connectivity index (χ0) is 13.7. The summed E-state index contributed by atoms with van der Waals surface area (Å²) in [6, 6.07) is 11.0. The average Bonchev–Trinajstić information content (AvgIpc) is 2.88. The first-order chi connectivity index (χ1) is 9.22. The third-order valence-corrected chi connectivity index (χ3v) is 3.22. The van der Waals surface area contributed by atoms with Crippen LogP contribution in [0.25, 0.3) is 0 Å². The van der Waals surface area contributed by atoms with Crippen molar-refractivity contribution in [1.82, 2.24) is 0 Å². The highest BCUT2D eigenvalue weighted by atomic mass is 32.2. The lowest BCUT2D eigenvalue weighted by atomic mass is 10.3. The van der Waals surface area contributed by atoms with Crippen molar-refractivity contribution in [2.45, 2.75) is 11.5 Å². The zero-order valence-corrected chi connectivity index (χ0v) is 11.6. The Hall–Kier alpha value is -1.72. The maximum Gasteiger partial charge on any atom is 0.291 e. The van der Waals surface area contributed by atoms with Crippen LogP contribution >= 0.6 is 11.8 Å². The molecule has 1 aromatic carbocycles. The Kier molecular flexibility index (Phi) is 4.65. The van der Waals surface area contributed by atoms with Gasteiger partial charge in [0, 0.05) is 17.7 Å². The summed E-state index contributed by atoms with van der Waals surface area (Å²) in [5.41, 5.74) is 0.751. The molecule has 0 aliphatic rings. The van der Waals surface area contributed by atoms with Gasteiger partial charge in [-0.3, -0.25) is 4.79 Å². The van der Waals surface area contributed by atoms with Crippen LogP contribution in [0.3, 0.4) is 0 Å². The molecule has 0 saturated carbocycles. The summed E-state index contributed by atoms with van der Waals surface area (Å²) in [7, 11) is 1.58. The lowest BCUT2D eigenvalue weighted by Crippen LogP contribution is -2.10. The van der Waals surface area contributed by atoms with E-state index in [-0.39, 0.29) is 11.7 Å². The predicted molar refractivity (Wildman–Crippen MR) is 75.6 cm³/mol. The molecule has 0 saturated heterocycles. The molecule has 0 bridgehead atoms. The fourth-order valence-electron chi connectivity index (χ4n) is 1.61. The molecular formula is C14H15NO3S. The average molecular weight is 277 g/mol. The van der Waals surface area contributed by atoms with E-state index in [1.165, 1.54) is 0 Å². The molecular weight excluding hydrogens is 262 g/mol. The molecule has 0 fully saturated rings. The highest BCUT2D eigenvalue weighted by molar-refractivity contribution is 7.98. The van der Waals surface area contributed by atoms with Gasteiger partial charge in [0.2, 0.25) is 0 Å². The van der Waals surface area contributed by atoms with Gasteiger partial charge in [0.05, 0.1) is 0 Å². The number of furan rings is 1. The van der Waals surface area contributed by atoms with E-state index >= 15 is 0 Å². The van der Waals surface area contributed by atoms with Gasteiger partial charge in [-0.2, -0.15) is 0 Å². The van der Waals surface area contributed by atoms with Gasteiger partial charge in [0.1, 0.15) is 12.4 Å². The van der Waals surface area contributed by atoms with Crippen LogP contribution in [-0.2, 0) is 11.3 Å². The fourth-order valence-corrected chi connectivity index (χ4v) is 2.07. The van der Waals surface area contributed by atoms with Gasteiger partial charge in [-0.05, 0) is 36.6 Å². The van der Waals surface area contributed by atoms with Gasteiger partial charge in [0.25, 0.3) is 5.91 Å². The normalized spacial score (nSPS) is 10.4. The van der Waals surface area contributed by atoms with Crippen LogP contribution in [0.5, 0.6) is 0 Å². The highest BCUT2D eigenvalue weighted by Gasteiger charge is 2.11. The minimum atomic E-state index is -0.263. The van der Waals surface area contributed by atoms with E-state index in [0.29, 0.717) is 12.4 Å². The van der Waals surface area contributed by atoms with E-state index in [1.807, 2.05) is 30.5 Å². The number of carbonyl (C=O) groups excluding carboxylic acids is 1. The fraction of sp³-hybridized carbons (Fsp3) is 0.214. The lowest BCUT2D eigenvalue weighted by molar-refractivity contribution is 0.0987. The molecule has 1 N–H and O–H groups in total. The second-order valence-corrected chi connectivity index (χ2v) is 4.76. The maximum absolute atomic E-state index is 12.0. The van der Waals surface area contributed by atoms with Gasteiger partial charge < -0.3 is 14.5 Å². The van der Waals surface area contributed by atoms with Crippen molar-refractivity contribution in [3.05, 3.63) is 47.9 Å². The van der Waals surface area contributed by atoms with Crippen LogP contribution < -0.4 is 5.32 Å². The number of hydrogen-bond donors (Lipinski definition) is 1. The van der Waals surface area contributed by atoms with Crippen LogP contribution in [0.1, 0.15) is 16.3 Å². The molecule has 5 heteroatoms. The lowest BCUT2D eigenvalue weighted by Gasteiger charge is -2.04. The molecule has 1 heterocycles. The van der Waals surface area contributed by atoms with E-state index in [9.17, 15) is 4.79 Å². The van der Waals surface area contributed by atoms with E-state index in [1.54, 1.807) is 31.0 Å². The maximum atomic E-state index is 12.0. The molecule has 100 valence electrons. The molecule has 1 amide bonds. The molecule has 2 aromatic rings. The first kappa shape index (κ1) is 13.7. The Morgan fingerprint density at radius 1 is 1.37 bits per heavy atom. The summed E-state index contributed by atoms with van der Waals surface area (Å²) in [6.07, 6.45) is 1.99. The highest BCUT2D eigenvalue weighted by Crippen LogP contribution is 2.20. The molecule has 0 aliphatic carbocycles. The second kappa shape index (κ2) is 6.45. The Bertz CT molecular complexity index is 565. The number of methoxy groups -OCH3 is 1. The number of rotatable bonds is 5. The first-order valence-corrected chi connectivity index (χ1v) is 6.98. The monoisotopic (exact) mass is 277 g/mol. The summed E-state index contributed by atoms with van der Waals surface area (Å²) in [5.74, 6) is 0.646. The Balaban J connectivity index is 2.06. The van der Waals surface area contributed by atoms with Gasteiger partial charge >= 0.3 is 0 Å². The number of carbonyl (C=O) groups is 1. The molecule has 0 unspecified atom stereocenters. The van der Waals surface area contributed by atoms with Crippen LogP contribution in [-0.4, -0.2) is 19.3 Å². The second-order valence-electron chi connectivity index (χ2n) is 3.89. The van der Waals surface area contributed by atoms with Crippen molar-refractivity contribution in [3.63, 3.8) is 0 Å². The van der Waals surface area contributed by atoms with Gasteiger partial charge in [-0.25, -0.2) is 0 Å².